The number of nitrogens with one attached hydrogen (secondary N) is 1. The van der Waals surface area contributed by atoms with E-state index in [9.17, 15) is 33.8 Å². The average molecular weight is 1090 g/mol. The lowest BCUT2D eigenvalue weighted by Gasteiger charge is -2.36. The molecule has 4 aliphatic rings. The number of halogens is 3. The lowest BCUT2D eigenvalue weighted by atomic mass is 10.1. The third-order valence-electron chi connectivity index (χ3n) is 13.5. The highest BCUT2D eigenvalue weighted by molar-refractivity contribution is 9.08. The van der Waals surface area contributed by atoms with Gasteiger partial charge in [-0.1, -0.05) is 73.4 Å². The van der Waals surface area contributed by atoms with Crippen LogP contribution < -0.4 is 26.0 Å². The molecule has 6 heterocycles. The van der Waals surface area contributed by atoms with E-state index < -0.39 is 34.4 Å². The first-order valence-electron chi connectivity index (χ1n) is 23.9. The van der Waals surface area contributed by atoms with Crippen LogP contribution in [0.2, 0.25) is 0 Å². The van der Waals surface area contributed by atoms with Gasteiger partial charge in [-0.25, -0.2) is 18.4 Å². The van der Waals surface area contributed by atoms with Crippen LogP contribution in [-0.2, 0) is 11.9 Å². The summed E-state index contributed by atoms with van der Waals surface area (Å²) in [6, 6.07) is 22.8. The molecule has 2 aliphatic carbocycles. The molecule has 73 heavy (non-hydrogen) atoms. The monoisotopic (exact) mass is 1090 g/mol. The number of aromatic nitrogens is 6. The van der Waals surface area contributed by atoms with E-state index in [-0.39, 0.29) is 34.0 Å². The second-order valence-electron chi connectivity index (χ2n) is 18.4. The molecule has 0 bridgehead atoms. The van der Waals surface area contributed by atoms with Crippen molar-refractivity contribution >= 4 is 84.1 Å². The molecule has 0 unspecified atom stereocenters. The number of hydrogen-bond donors (Lipinski definition) is 3. The van der Waals surface area contributed by atoms with Crippen molar-refractivity contribution < 1.29 is 28.6 Å². The predicted octanol–water partition coefficient (Wildman–Crippen LogP) is 8.70. The van der Waals surface area contributed by atoms with Crippen LogP contribution >= 0.6 is 39.0 Å². The molecule has 4 aromatic carbocycles. The third-order valence-corrected chi connectivity index (χ3v) is 15.2. The molecule has 16 nitrogen and oxygen atoms in total. The van der Waals surface area contributed by atoms with Crippen molar-refractivity contribution in [3.05, 3.63) is 150 Å². The van der Waals surface area contributed by atoms with E-state index in [1.165, 1.54) is 58.7 Å². The van der Waals surface area contributed by atoms with Crippen LogP contribution in [0, 0.1) is 11.6 Å². The summed E-state index contributed by atoms with van der Waals surface area (Å²) in [6.45, 7) is 6.65. The number of anilines is 2. The van der Waals surface area contributed by atoms with Crippen LogP contribution in [-0.4, -0.2) is 108 Å². The van der Waals surface area contributed by atoms with Gasteiger partial charge in [0.15, 0.2) is 0 Å². The van der Waals surface area contributed by atoms with Gasteiger partial charge in [0.1, 0.15) is 34.1 Å². The summed E-state index contributed by atoms with van der Waals surface area (Å²) < 4.78 is 41.2. The lowest BCUT2D eigenvalue weighted by Crippen LogP contribution is -2.46. The first kappa shape index (κ1) is 49.8. The normalized spacial score (nSPS) is 15.9. The van der Waals surface area contributed by atoms with Gasteiger partial charge in [0.2, 0.25) is 10.9 Å². The van der Waals surface area contributed by atoms with Gasteiger partial charge >= 0.3 is 11.9 Å². The van der Waals surface area contributed by atoms with Crippen LogP contribution in [0.4, 0.5) is 20.2 Å². The molecule has 0 radical (unpaired) electrons. The number of carboxylic acid groups (broad SMARTS) is 2. The number of benzene rings is 4. The minimum Gasteiger partial charge on any atom is -0.477 e. The zero-order valence-corrected chi connectivity index (χ0v) is 42.5. The predicted molar refractivity (Wildman–Crippen MR) is 283 cm³/mol. The zero-order chi connectivity index (χ0) is 50.8. The van der Waals surface area contributed by atoms with Crippen molar-refractivity contribution in [1.82, 2.24) is 38.5 Å². The number of carbonyl (C=O) groups is 2. The summed E-state index contributed by atoms with van der Waals surface area (Å²) >= 11 is 6.11. The molecule has 2 aliphatic heterocycles. The Kier molecular flexibility index (Phi) is 14.8. The van der Waals surface area contributed by atoms with Gasteiger partial charge in [-0.3, -0.25) is 14.5 Å². The summed E-state index contributed by atoms with van der Waals surface area (Å²) in [6.07, 6.45) is 6.55. The van der Waals surface area contributed by atoms with Gasteiger partial charge in [-0.15, -0.1) is 10.2 Å². The Morgan fingerprint density at radius 1 is 0.630 bits per heavy atom. The molecule has 3 N–H and O–H groups in total. The van der Waals surface area contributed by atoms with Gasteiger partial charge in [-0.2, -0.15) is 0 Å². The molecule has 0 atom stereocenters. The van der Waals surface area contributed by atoms with Gasteiger partial charge in [0, 0.05) is 121 Å². The topological polar surface area (TPSA) is 192 Å². The van der Waals surface area contributed by atoms with Gasteiger partial charge in [0.25, 0.3) is 0 Å². The fourth-order valence-corrected chi connectivity index (χ4v) is 10.6. The van der Waals surface area contributed by atoms with E-state index in [4.69, 9.17) is 0 Å². The largest absolute Gasteiger partial charge is 0.477 e. The van der Waals surface area contributed by atoms with Crippen molar-refractivity contribution in [1.29, 1.82) is 0 Å². The number of carboxylic acids is 2. The summed E-state index contributed by atoms with van der Waals surface area (Å²) in [5.74, 6) is -3.54. The van der Waals surface area contributed by atoms with Crippen LogP contribution in [0.15, 0.2) is 106 Å². The van der Waals surface area contributed by atoms with Crippen molar-refractivity contribution in [2.24, 2.45) is 0 Å². The van der Waals surface area contributed by atoms with E-state index in [0.717, 1.165) is 86.3 Å². The smallest absolute Gasteiger partial charge is 0.341 e. The molecule has 4 aromatic heterocycles. The van der Waals surface area contributed by atoms with Crippen molar-refractivity contribution in [3.8, 4) is 22.5 Å². The first-order valence-corrected chi connectivity index (χ1v) is 26.7. The Morgan fingerprint density at radius 2 is 1.07 bits per heavy atom. The quantitative estimate of drug-likeness (QED) is 0.104. The summed E-state index contributed by atoms with van der Waals surface area (Å²) in [5, 5.41) is 35.1. The number of nitrogens with zero attached hydrogens (tertiary/aromatic N) is 9. The number of aromatic carboxylic acids is 2. The highest BCUT2D eigenvalue weighted by atomic mass is 79.9. The first-order chi connectivity index (χ1) is 35.4. The van der Waals surface area contributed by atoms with E-state index >= 15 is 4.39 Å². The number of alkyl halides is 1. The Labute approximate surface area is 433 Å². The van der Waals surface area contributed by atoms with E-state index in [0.29, 0.717) is 48.6 Å². The average Bonchev–Trinajstić information content (AvgIpc) is 4.32. The van der Waals surface area contributed by atoms with Crippen LogP contribution in [0.25, 0.3) is 44.3 Å². The Bertz CT molecular complexity index is 3410. The van der Waals surface area contributed by atoms with Crippen molar-refractivity contribution in [2.45, 2.75) is 49.6 Å². The standard InChI is InChI=1S/C26H24FN5O3S.C17H18FN3O3.C9H7BrN2S/c27-21-11-19-23(32(18-5-6-18)14-20(25(19)33)26(34)35)12-24(21)31-9-7-30(8-10-31)13-16-1-3-17(4-2-16)22-15-36-29-28-22;18-13-7-11-14(8-15(13)20-5-3-19-4-6-20)21(10-1-2-10)9-12(16(11)22)17(23)24;10-5-7-1-3-8(4-2-7)9-6-13-12-11-9/h1-4,11-12,14-15,18H,5-10,13H2,(H,34,35);7-10,19H,1-6H2,(H,23,24);1-4,6H,5H2. The molecule has 21 heteroatoms. The van der Waals surface area contributed by atoms with Crippen molar-refractivity contribution in [2.75, 3.05) is 62.2 Å². The molecular weight excluding hydrogens is 1040 g/mol. The minimum absolute atomic E-state index is 0.124. The molecule has 4 fully saturated rings. The summed E-state index contributed by atoms with van der Waals surface area (Å²) in [4.78, 5) is 54.4. The highest BCUT2D eigenvalue weighted by Gasteiger charge is 2.30. The minimum atomic E-state index is -1.29. The Balaban J connectivity index is 0.000000141. The number of piperazine rings is 2. The Morgan fingerprint density at radius 3 is 1.47 bits per heavy atom. The number of pyridine rings is 2. The molecule has 2 saturated carbocycles. The summed E-state index contributed by atoms with van der Waals surface area (Å²) in [7, 11) is 0. The SMILES string of the molecule is BrCc1ccc(-c2csnn2)cc1.O=C(O)c1cn(C2CC2)c2cc(N3CCN(Cc4ccc(-c5csnn5)cc4)CC3)c(F)cc2c1=O.O=C(O)c1cn(C2CC2)c2cc(N3CCNCC3)c(F)cc2c1=O. The van der Waals surface area contributed by atoms with Gasteiger partial charge in [0.05, 0.1) is 22.4 Å². The van der Waals surface area contributed by atoms with E-state index in [1.54, 1.807) is 12.1 Å². The van der Waals surface area contributed by atoms with E-state index in [2.05, 4.69) is 93.9 Å². The Hall–Kier alpha value is -6.78. The second kappa shape index (κ2) is 21.7. The molecule has 12 rings (SSSR count). The molecule has 8 aromatic rings. The maximum atomic E-state index is 15.2. The van der Waals surface area contributed by atoms with Gasteiger partial charge in [-0.05, 0) is 84.1 Å². The van der Waals surface area contributed by atoms with E-state index in [1.807, 2.05) is 29.7 Å². The molecule has 2 saturated heterocycles. The highest BCUT2D eigenvalue weighted by Crippen LogP contribution is 2.40. The number of rotatable bonds is 11. The molecule has 0 spiro atoms. The molecule has 376 valence electrons. The van der Waals surface area contributed by atoms with Crippen LogP contribution in [0.1, 0.15) is 69.6 Å². The summed E-state index contributed by atoms with van der Waals surface area (Å²) in [5.41, 5.74) is 6.74. The van der Waals surface area contributed by atoms with Crippen LogP contribution in [0.3, 0.4) is 0 Å². The lowest BCUT2D eigenvalue weighted by molar-refractivity contribution is 0.0684. The van der Waals surface area contributed by atoms with Crippen molar-refractivity contribution in [3.63, 3.8) is 0 Å². The maximum Gasteiger partial charge on any atom is 0.341 e. The molecular formula is C52H49BrF2N10O6S2. The number of fused-ring (bicyclic) bond motifs is 2. The third kappa shape index (κ3) is 11.1. The fourth-order valence-electron chi connectivity index (χ4n) is 9.25. The zero-order valence-electron chi connectivity index (χ0n) is 39.3. The fraction of sp³-hybridized carbons (Fsp3) is 0.308. The van der Waals surface area contributed by atoms with Gasteiger partial charge < -0.3 is 34.5 Å². The number of hydrogen-bond acceptors (Lipinski definition) is 14. The maximum absolute atomic E-state index is 15.2. The van der Waals surface area contributed by atoms with Crippen LogP contribution in [0.5, 0.6) is 0 Å². The molecule has 0 amide bonds. The second-order valence-corrected chi connectivity index (χ2v) is 20.2.